The van der Waals surface area contributed by atoms with Gasteiger partial charge in [-0.15, -0.1) is 23.7 Å². The Hall–Kier alpha value is -0.940. The first-order chi connectivity index (χ1) is 10.3. The molecule has 0 atom stereocenters. The number of piperidine rings is 1. The molecule has 1 saturated heterocycles. The van der Waals surface area contributed by atoms with Crippen LogP contribution in [-0.2, 0) is 6.54 Å². The van der Waals surface area contributed by atoms with Gasteiger partial charge in [0.25, 0.3) is 0 Å². The van der Waals surface area contributed by atoms with Crippen LogP contribution in [0, 0.1) is 5.92 Å². The minimum absolute atomic E-state index is 0. The summed E-state index contributed by atoms with van der Waals surface area (Å²) in [6.45, 7) is 4.55. The molecule has 3 rings (SSSR count). The van der Waals surface area contributed by atoms with Crippen LogP contribution < -0.4 is 5.32 Å². The molecule has 0 aliphatic carbocycles. The highest BCUT2D eigenvalue weighted by Crippen LogP contribution is 2.25. The van der Waals surface area contributed by atoms with E-state index in [1.54, 1.807) is 11.3 Å². The molecule has 22 heavy (non-hydrogen) atoms. The lowest BCUT2D eigenvalue weighted by atomic mass is 9.97. The maximum atomic E-state index is 4.79. The molecule has 0 amide bonds. The molecule has 0 unspecified atom stereocenters. The van der Waals surface area contributed by atoms with Crippen molar-refractivity contribution in [3.05, 3.63) is 41.4 Å². The third kappa shape index (κ3) is 4.53. The predicted octanol–water partition coefficient (Wildman–Crippen LogP) is 3.66. The topological polar surface area (TPSA) is 28.2 Å². The number of benzene rings is 1. The number of nitrogens with zero attached hydrogens (tertiary/aromatic N) is 2. The van der Waals surface area contributed by atoms with E-state index in [1.807, 2.05) is 13.1 Å². The summed E-state index contributed by atoms with van der Waals surface area (Å²) in [5.74, 6) is 0.849. The van der Waals surface area contributed by atoms with Crippen molar-refractivity contribution in [2.45, 2.75) is 19.4 Å². The van der Waals surface area contributed by atoms with Gasteiger partial charge in [0.1, 0.15) is 5.01 Å². The molecule has 1 fully saturated rings. The van der Waals surface area contributed by atoms with Crippen LogP contribution in [0.4, 0.5) is 0 Å². The Morgan fingerprint density at radius 2 is 1.95 bits per heavy atom. The Morgan fingerprint density at radius 1 is 1.23 bits per heavy atom. The van der Waals surface area contributed by atoms with Gasteiger partial charge in [0.15, 0.2) is 0 Å². The number of thiazole rings is 1. The molecule has 0 saturated carbocycles. The summed E-state index contributed by atoms with van der Waals surface area (Å²) >= 11 is 1.75. The average Bonchev–Trinajstić information content (AvgIpc) is 2.99. The van der Waals surface area contributed by atoms with Crippen molar-refractivity contribution in [1.82, 2.24) is 15.2 Å². The number of hydrogen-bond donors (Lipinski definition) is 1. The highest BCUT2D eigenvalue weighted by atomic mass is 35.5. The number of halogens is 1. The van der Waals surface area contributed by atoms with E-state index in [1.165, 1.54) is 37.2 Å². The summed E-state index contributed by atoms with van der Waals surface area (Å²) in [4.78, 5) is 7.33. The molecule has 120 valence electrons. The molecule has 2 aromatic rings. The first-order valence-electron chi connectivity index (χ1n) is 7.72. The maximum absolute atomic E-state index is 4.79. The molecule has 5 heteroatoms. The van der Waals surface area contributed by atoms with Crippen molar-refractivity contribution in [2.24, 2.45) is 5.92 Å². The lowest BCUT2D eigenvalue weighted by molar-refractivity contribution is 0.175. The number of aromatic nitrogens is 1. The zero-order valence-electron chi connectivity index (χ0n) is 13.0. The Labute approximate surface area is 143 Å². The standard InChI is InChI=1S/C17H23N3S.ClH/c1-18-11-14-7-9-20(10-8-14)12-16-13-21-17(19-16)15-5-3-2-4-6-15;/h2-6,13-14,18H,7-12H2,1H3;1H. The summed E-state index contributed by atoms with van der Waals surface area (Å²) in [6.07, 6.45) is 2.60. The average molecular weight is 338 g/mol. The van der Waals surface area contributed by atoms with E-state index in [-0.39, 0.29) is 12.4 Å². The lowest BCUT2D eigenvalue weighted by Crippen LogP contribution is -2.36. The SMILES string of the molecule is CNCC1CCN(Cc2csc(-c3ccccc3)n2)CC1.Cl. The van der Waals surface area contributed by atoms with Crippen LogP contribution in [0.5, 0.6) is 0 Å². The fraction of sp³-hybridized carbons (Fsp3) is 0.471. The van der Waals surface area contributed by atoms with Crippen molar-refractivity contribution >= 4 is 23.7 Å². The van der Waals surface area contributed by atoms with Crippen LogP contribution in [0.15, 0.2) is 35.7 Å². The first kappa shape index (κ1) is 17.4. The van der Waals surface area contributed by atoms with Gasteiger partial charge in [-0.05, 0) is 45.4 Å². The molecule has 0 spiro atoms. The van der Waals surface area contributed by atoms with E-state index in [9.17, 15) is 0 Å². The molecule has 3 nitrogen and oxygen atoms in total. The van der Waals surface area contributed by atoms with E-state index in [0.717, 1.165) is 24.0 Å². The molecule has 1 aliphatic heterocycles. The van der Waals surface area contributed by atoms with Gasteiger partial charge in [0, 0.05) is 17.5 Å². The molecular weight excluding hydrogens is 314 g/mol. The molecule has 1 N–H and O–H groups in total. The highest BCUT2D eigenvalue weighted by Gasteiger charge is 2.19. The van der Waals surface area contributed by atoms with E-state index in [0.29, 0.717) is 0 Å². The van der Waals surface area contributed by atoms with E-state index >= 15 is 0 Å². The Morgan fingerprint density at radius 3 is 2.64 bits per heavy atom. The molecule has 0 bridgehead atoms. The fourth-order valence-electron chi connectivity index (χ4n) is 2.96. The van der Waals surface area contributed by atoms with Crippen LogP contribution >= 0.6 is 23.7 Å². The van der Waals surface area contributed by atoms with E-state index < -0.39 is 0 Å². The zero-order valence-corrected chi connectivity index (χ0v) is 14.6. The zero-order chi connectivity index (χ0) is 14.5. The smallest absolute Gasteiger partial charge is 0.123 e. The largest absolute Gasteiger partial charge is 0.319 e. The monoisotopic (exact) mass is 337 g/mol. The van der Waals surface area contributed by atoms with Crippen molar-refractivity contribution in [3.63, 3.8) is 0 Å². The van der Waals surface area contributed by atoms with Gasteiger partial charge in [0.2, 0.25) is 0 Å². The van der Waals surface area contributed by atoms with Crippen LogP contribution in [-0.4, -0.2) is 36.6 Å². The molecule has 1 aliphatic rings. The minimum atomic E-state index is 0. The van der Waals surface area contributed by atoms with Gasteiger partial charge in [-0.25, -0.2) is 4.98 Å². The Bertz CT molecular complexity index is 550. The summed E-state index contributed by atoms with van der Waals surface area (Å²) in [6, 6.07) is 10.5. The van der Waals surface area contributed by atoms with Gasteiger partial charge >= 0.3 is 0 Å². The van der Waals surface area contributed by atoms with E-state index in [2.05, 4.69) is 39.9 Å². The molecule has 1 aromatic heterocycles. The van der Waals surface area contributed by atoms with Crippen molar-refractivity contribution < 1.29 is 0 Å². The minimum Gasteiger partial charge on any atom is -0.319 e. The van der Waals surface area contributed by atoms with Crippen LogP contribution in [0.25, 0.3) is 10.6 Å². The van der Waals surface area contributed by atoms with Crippen molar-refractivity contribution in [2.75, 3.05) is 26.7 Å². The third-order valence-corrected chi connectivity index (χ3v) is 5.10. The second kappa shape index (κ2) is 8.63. The molecular formula is C17H24ClN3S. The van der Waals surface area contributed by atoms with Crippen LogP contribution in [0.3, 0.4) is 0 Å². The van der Waals surface area contributed by atoms with Gasteiger partial charge in [-0.1, -0.05) is 30.3 Å². The first-order valence-corrected chi connectivity index (χ1v) is 8.60. The van der Waals surface area contributed by atoms with Crippen molar-refractivity contribution in [1.29, 1.82) is 0 Å². The van der Waals surface area contributed by atoms with Crippen molar-refractivity contribution in [3.8, 4) is 10.6 Å². The van der Waals surface area contributed by atoms with Gasteiger partial charge < -0.3 is 5.32 Å². The van der Waals surface area contributed by atoms with Crippen LogP contribution in [0.2, 0.25) is 0 Å². The highest BCUT2D eigenvalue weighted by molar-refractivity contribution is 7.13. The Kier molecular flexibility index (Phi) is 6.83. The van der Waals surface area contributed by atoms with Gasteiger partial charge in [-0.3, -0.25) is 4.90 Å². The maximum Gasteiger partial charge on any atom is 0.123 e. The summed E-state index contributed by atoms with van der Waals surface area (Å²) < 4.78 is 0. The Balaban J connectivity index is 0.00000176. The number of likely N-dealkylation sites (tertiary alicyclic amines) is 1. The summed E-state index contributed by atoms with van der Waals surface area (Å²) in [5.41, 5.74) is 2.44. The quantitative estimate of drug-likeness (QED) is 0.902. The number of rotatable bonds is 5. The van der Waals surface area contributed by atoms with Gasteiger partial charge in [-0.2, -0.15) is 0 Å². The van der Waals surface area contributed by atoms with Crippen LogP contribution in [0.1, 0.15) is 18.5 Å². The second-order valence-electron chi connectivity index (χ2n) is 5.79. The van der Waals surface area contributed by atoms with Gasteiger partial charge in [0.05, 0.1) is 5.69 Å². The lowest BCUT2D eigenvalue weighted by Gasteiger charge is -2.31. The summed E-state index contributed by atoms with van der Waals surface area (Å²) in [5, 5.41) is 6.64. The van der Waals surface area contributed by atoms with E-state index in [4.69, 9.17) is 4.98 Å². The number of nitrogens with one attached hydrogen (secondary N) is 1. The third-order valence-electron chi connectivity index (χ3n) is 4.16. The fourth-order valence-corrected chi connectivity index (χ4v) is 3.78. The molecule has 1 aromatic carbocycles. The number of hydrogen-bond acceptors (Lipinski definition) is 4. The second-order valence-corrected chi connectivity index (χ2v) is 6.65. The molecule has 2 heterocycles. The molecule has 0 radical (unpaired) electrons. The summed E-state index contributed by atoms with van der Waals surface area (Å²) in [7, 11) is 2.05. The predicted molar refractivity (Wildman–Crippen MR) is 96.7 cm³/mol. The normalized spacial score (nSPS) is 16.4.